The molecule has 1 aliphatic carbocycles. The summed E-state index contributed by atoms with van der Waals surface area (Å²) in [6.07, 6.45) is 3.00. The first kappa shape index (κ1) is 17.1. The van der Waals surface area contributed by atoms with E-state index in [2.05, 4.69) is 16.7 Å². The lowest BCUT2D eigenvalue weighted by molar-refractivity contribution is -0.114. The van der Waals surface area contributed by atoms with Crippen LogP contribution in [0.2, 0.25) is 0 Å². The maximum atomic E-state index is 11.3. The van der Waals surface area contributed by atoms with E-state index in [0.717, 1.165) is 30.7 Å². The molecule has 3 rings (SSSR count). The molecule has 0 saturated carbocycles. The zero-order valence-corrected chi connectivity index (χ0v) is 14.9. The fourth-order valence-corrected chi connectivity index (χ4v) is 3.40. The first-order chi connectivity index (χ1) is 12.1. The van der Waals surface area contributed by atoms with Gasteiger partial charge in [-0.1, -0.05) is 12.1 Å². The van der Waals surface area contributed by atoms with Crippen LogP contribution in [-0.4, -0.2) is 26.2 Å². The summed E-state index contributed by atoms with van der Waals surface area (Å²) in [7, 11) is 3.33. The Labute approximate surface area is 148 Å². The summed E-state index contributed by atoms with van der Waals surface area (Å²) in [5.74, 6) is 1.52. The number of carbonyl (C=O) groups excluding carboxylic acids is 1. The van der Waals surface area contributed by atoms with Gasteiger partial charge in [0.2, 0.25) is 5.91 Å². The molecule has 2 aromatic carbocycles. The Bertz CT molecular complexity index is 774. The van der Waals surface area contributed by atoms with E-state index >= 15 is 0 Å². The number of methoxy groups -OCH3 is 2. The molecule has 2 N–H and O–H groups in total. The van der Waals surface area contributed by atoms with Crippen molar-refractivity contribution in [1.82, 2.24) is 0 Å². The molecular formula is C20H24N2O3. The van der Waals surface area contributed by atoms with Crippen LogP contribution < -0.4 is 20.1 Å². The van der Waals surface area contributed by atoms with Gasteiger partial charge in [-0.15, -0.1) is 0 Å². The van der Waals surface area contributed by atoms with Crippen LogP contribution in [-0.2, 0) is 17.6 Å². The van der Waals surface area contributed by atoms with Crippen molar-refractivity contribution in [2.45, 2.75) is 32.2 Å². The van der Waals surface area contributed by atoms with E-state index in [1.54, 1.807) is 14.2 Å². The molecular weight excluding hydrogens is 316 g/mol. The summed E-state index contributed by atoms with van der Waals surface area (Å²) in [6, 6.07) is 12.4. The number of hydrogen-bond donors (Lipinski definition) is 2. The van der Waals surface area contributed by atoms with Crippen LogP contribution in [0.15, 0.2) is 36.4 Å². The highest BCUT2D eigenvalue weighted by Gasteiger charge is 2.21. The van der Waals surface area contributed by atoms with E-state index in [4.69, 9.17) is 9.47 Å². The third-order valence-electron chi connectivity index (χ3n) is 4.54. The zero-order chi connectivity index (χ0) is 17.8. The van der Waals surface area contributed by atoms with Crippen LogP contribution in [0.1, 0.15) is 24.5 Å². The van der Waals surface area contributed by atoms with E-state index in [9.17, 15) is 4.79 Å². The van der Waals surface area contributed by atoms with Crippen LogP contribution >= 0.6 is 0 Å². The van der Waals surface area contributed by atoms with E-state index in [-0.39, 0.29) is 5.91 Å². The lowest BCUT2D eigenvalue weighted by atomic mass is 9.87. The second kappa shape index (κ2) is 7.47. The minimum atomic E-state index is -0.114. The molecule has 5 heteroatoms. The van der Waals surface area contributed by atoms with Gasteiger partial charge in [0, 0.05) is 24.7 Å². The Hall–Kier alpha value is -2.69. The second-order valence-corrected chi connectivity index (χ2v) is 6.28. The molecule has 25 heavy (non-hydrogen) atoms. The number of amides is 1. The fourth-order valence-electron chi connectivity index (χ4n) is 3.40. The van der Waals surface area contributed by atoms with Gasteiger partial charge < -0.3 is 20.1 Å². The minimum Gasteiger partial charge on any atom is -0.496 e. The highest BCUT2D eigenvalue weighted by Crippen LogP contribution is 2.32. The molecule has 2 aromatic rings. The van der Waals surface area contributed by atoms with E-state index < -0.39 is 0 Å². The predicted octanol–water partition coefficient (Wildman–Crippen LogP) is 3.63. The third-order valence-corrected chi connectivity index (χ3v) is 4.54. The van der Waals surface area contributed by atoms with Gasteiger partial charge in [0.25, 0.3) is 0 Å². The number of ether oxygens (including phenoxy) is 2. The van der Waals surface area contributed by atoms with Crippen molar-refractivity contribution < 1.29 is 14.3 Å². The zero-order valence-electron chi connectivity index (χ0n) is 14.9. The van der Waals surface area contributed by atoms with Crippen molar-refractivity contribution in [2.75, 3.05) is 24.9 Å². The van der Waals surface area contributed by atoms with Crippen LogP contribution in [0.3, 0.4) is 0 Å². The molecule has 1 aliphatic rings. The largest absolute Gasteiger partial charge is 0.496 e. The Balaban J connectivity index is 1.74. The van der Waals surface area contributed by atoms with E-state index in [0.29, 0.717) is 17.5 Å². The first-order valence-electron chi connectivity index (χ1n) is 8.47. The van der Waals surface area contributed by atoms with Crippen molar-refractivity contribution >= 4 is 17.3 Å². The maximum absolute atomic E-state index is 11.3. The number of nitrogens with one attached hydrogen (secondary N) is 2. The first-order valence-corrected chi connectivity index (χ1v) is 8.47. The minimum absolute atomic E-state index is 0.114. The molecule has 0 saturated heterocycles. The van der Waals surface area contributed by atoms with Crippen molar-refractivity contribution in [3.63, 3.8) is 0 Å². The predicted molar refractivity (Wildman–Crippen MR) is 99.7 cm³/mol. The number of benzene rings is 2. The summed E-state index contributed by atoms with van der Waals surface area (Å²) in [5.41, 5.74) is 4.33. The van der Waals surface area contributed by atoms with Gasteiger partial charge in [0.05, 0.1) is 19.9 Å². The van der Waals surface area contributed by atoms with Gasteiger partial charge in [0.15, 0.2) is 0 Å². The van der Waals surface area contributed by atoms with Crippen molar-refractivity contribution in [3.8, 4) is 11.5 Å². The third kappa shape index (κ3) is 3.87. The van der Waals surface area contributed by atoms with Gasteiger partial charge in [-0.25, -0.2) is 0 Å². The highest BCUT2D eigenvalue weighted by molar-refractivity contribution is 5.90. The Morgan fingerprint density at radius 1 is 1.12 bits per heavy atom. The number of carbonyl (C=O) groups is 1. The quantitative estimate of drug-likeness (QED) is 0.872. The average molecular weight is 340 g/mol. The summed E-state index contributed by atoms with van der Waals surface area (Å²) < 4.78 is 10.9. The number of rotatable bonds is 5. The highest BCUT2D eigenvalue weighted by atomic mass is 16.5. The number of anilines is 2. The van der Waals surface area contributed by atoms with Crippen LogP contribution in [0.5, 0.6) is 11.5 Å². The summed E-state index contributed by atoms with van der Waals surface area (Å²) in [6.45, 7) is 1.49. The van der Waals surface area contributed by atoms with Gasteiger partial charge in [-0.2, -0.15) is 0 Å². The van der Waals surface area contributed by atoms with Crippen LogP contribution in [0, 0.1) is 0 Å². The normalized spacial score (nSPS) is 15.9. The van der Waals surface area contributed by atoms with Crippen molar-refractivity contribution in [2.24, 2.45) is 0 Å². The Morgan fingerprint density at radius 3 is 2.64 bits per heavy atom. The Morgan fingerprint density at radius 2 is 1.92 bits per heavy atom. The van der Waals surface area contributed by atoms with Crippen molar-refractivity contribution in [1.29, 1.82) is 0 Å². The van der Waals surface area contributed by atoms with Gasteiger partial charge >= 0.3 is 0 Å². The van der Waals surface area contributed by atoms with Crippen molar-refractivity contribution in [3.05, 3.63) is 47.5 Å². The summed E-state index contributed by atoms with van der Waals surface area (Å²) >= 11 is 0. The van der Waals surface area contributed by atoms with Gasteiger partial charge in [-0.3, -0.25) is 4.79 Å². The second-order valence-electron chi connectivity index (χ2n) is 6.28. The van der Waals surface area contributed by atoms with E-state index in [1.165, 1.54) is 18.1 Å². The molecule has 0 heterocycles. The standard InChI is InChI=1S/C20H24N2O3/c1-13(23)21-18-10-8-16(12-20(18)25-3)22-15-7-9-17-14(11-15)5-4-6-19(17)24-2/h4-6,8,10,12,15,22H,7,9,11H2,1-3H3,(H,21,23)/t15-/m1/s1. The smallest absolute Gasteiger partial charge is 0.221 e. The molecule has 1 amide bonds. The molecule has 0 bridgehead atoms. The van der Waals surface area contributed by atoms with Gasteiger partial charge in [0.1, 0.15) is 11.5 Å². The fraction of sp³-hybridized carbons (Fsp3) is 0.350. The molecule has 5 nitrogen and oxygen atoms in total. The summed E-state index contributed by atoms with van der Waals surface area (Å²) in [4.78, 5) is 11.3. The SMILES string of the molecule is COc1cc(N[C@@H]2CCc3c(cccc3OC)C2)ccc1NC(C)=O. The Kier molecular flexibility index (Phi) is 5.12. The van der Waals surface area contributed by atoms with Gasteiger partial charge in [-0.05, 0) is 48.6 Å². The lowest BCUT2D eigenvalue weighted by Crippen LogP contribution is -2.27. The molecule has 1 atom stereocenters. The topological polar surface area (TPSA) is 59.6 Å². The monoisotopic (exact) mass is 340 g/mol. The average Bonchev–Trinajstić information content (AvgIpc) is 2.61. The van der Waals surface area contributed by atoms with E-state index in [1.807, 2.05) is 30.3 Å². The summed E-state index contributed by atoms with van der Waals surface area (Å²) in [5, 5.41) is 6.36. The van der Waals surface area contributed by atoms with Crippen LogP contribution in [0.4, 0.5) is 11.4 Å². The molecule has 0 radical (unpaired) electrons. The molecule has 0 aliphatic heterocycles. The molecule has 0 aromatic heterocycles. The molecule has 132 valence electrons. The molecule has 0 spiro atoms. The van der Waals surface area contributed by atoms with Crippen LogP contribution in [0.25, 0.3) is 0 Å². The molecule has 0 unspecified atom stereocenters. The molecule has 0 fully saturated rings. The lowest BCUT2D eigenvalue weighted by Gasteiger charge is -2.27. The number of fused-ring (bicyclic) bond motifs is 1. The maximum Gasteiger partial charge on any atom is 0.221 e. The number of hydrogen-bond acceptors (Lipinski definition) is 4.